The van der Waals surface area contributed by atoms with Gasteiger partial charge in [0.2, 0.25) is 5.91 Å². The topological polar surface area (TPSA) is 114 Å². The molecule has 0 aliphatic heterocycles. The summed E-state index contributed by atoms with van der Waals surface area (Å²) in [6.45, 7) is 6.76. The number of hydrogen-bond donors (Lipinski definition) is 1. The number of esters is 1. The van der Waals surface area contributed by atoms with Crippen molar-refractivity contribution in [1.82, 2.24) is 5.32 Å². The number of amides is 1. The molecule has 0 saturated heterocycles. The van der Waals surface area contributed by atoms with Gasteiger partial charge in [0.05, 0.1) is 33.8 Å². The van der Waals surface area contributed by atoms with Crippen LogP contribution >= 0.6 is 7.82 Å². The molecule has 0 rings (SSSR count). The van der Waals surface area contributed by atoms with Gasteiger partial charge in [0.1, 0.15) is 19.3 Å². The van der Waals surface area contributed by atoms with Crippen molar-refractivity contribution in [2.75, 3.05) is 40.9 Å². The van der Waals surface area contributed by atoms with Crippen LogP contribution in [0.1, 0.15) is 265 Å². The highest BCUT2D eigenvalue weighted by Gasteiger charge is 2.27. The van der Waals surface area contributed by atoms with Crippen LogP contribution in [0.5, 0.6) is 0 Å². The molecule has 3 unspecified atom stereocenters. The van der Waals surface area contributed by atoms with Crippen molar-refractivity contribution < 1.29 is 37.3 Å². The molecule has 9 nitrogen and oxygen atoms in total. The summed E-state index contributed by atoms with van der Waals surface area (Å²) < 4.78 is 30.3. The molecule has 0 aromatic heterocycles. The summed E-state index contributed by atoms with van der Waals surface area (Å²) in [5.41, 5.74) is 0. The molecule has 10 heteroatoms. The molecule has 0 saturated carbocycles. The number of rotatable bonds is 55. The highest BCUT2D eigenvalue weighted by atomic mass is 31.2. The molecule has 0 aliphatic carbocycles. The van der Waals surface area contributed by atoms with Crippen LogP contribution in [0.15, 0.2) is 85.1 Å². The predicted octanol–water partition coefficient (Wildman–Crippen LogP) is 18.4. The second-order valence-electron chi connectivity index (χ2n) is 21.9. The smallest absolute Gasteiger partial charge is 0.306 e. The Kier molecular flexibility index (Phi) is 52.5. The summed E-state index contributed by atoms with van der Waals surface area (Å²) in [5.74, 6) is -0.576. The van der Waals surface area contributed by atoms with E-state index in [-0.39, 0.29) is 24.9 Å². The van der Waals surface area contributed by atoms with Crippen molar-refractivity contribution in [2.24, 2.45) is 0 Å². The molecule has 0 fully saturated rings. The highest BCUT2D eigenvalue weighted by Crippen LogP contribution is 2.38. The summed E-state index contributed by atoms with van der Waals surface area (Å²) in [6, 6.07) is -0.906. The summed E-state index contributed by atoms with van der Waals surface area (Å²) >= 11 is 0. The number of carbonyl (C=O) groups excluding carboxylic acids is 2. The molecule has 1 amide bonds. The van der Waals surface area contributed by atoms with Crippen molar-refractivity contribution in [3.05, 3.63) is 85.1 Å². The van der Waals surface area contributed by atoms with E-state index in [1.165, 1.54) is 103 Å². The van der Waals surface area contributed by atoms with Crippen molar-refractivity contribution in [3.63, 3.8) is 0 Å². The van der Waals surface area contributed by atoms with Crippen LogP contribution in [0.2, 0.25) is 0 Å². The zero-order chi connectivity index (χ0) is 55.0. The third kappa shape index (κ3) is 55.7. The molecule has 0 spiro atoms. The highest BCUT2D eigenvalue weighted by molar-refractivity contribution is 7.45. The lowest BCUT2D eigenvalue weighted by atomic mass is 10.0. The van der Waals surface area contributed by atoms with Gasteiger partial charge >= 0.3 is 5.97 Å². The van der Waals surface area contributed by atoms with Gasteiger partial charge in [-0.2, -0.15) is 0 Å². The fourth-order valence-corrected chi connectivity index (χ4v) is 9.22. The minimum absolute atomic E-state index is 0.0314. The molecule has 0 aliphatic rings. The lowest BCUT2D eigenvalue weighted by Gasteiger charge is -2.30. The van der Waals surface area contributed by atoms with Gasteiger partial charge in [0.15, 0.2) is 0 Å². The summed E-state index contributed by atoms with van der Waals surface area (Å²) in [5, 5.41) is 3.02. The summed E-state index contributed by atoms with van der Waals surface area (Å²) in [7, 11) is 1.16. The summed E-state index contributed by atoms with van der Waals surface area (Å²) in [4.78, 5) is 40.0. The largest absolute Gasteiger partial charge is 0.756 e. The fourth-order valence-electron chi connectivity index (χ4n) is 8.50. The second kappa shape index (κ2) is 54.5. The van der Waals surface area contributed by atoms with Crippen LogP contribution in [0.25, 0.3) is 0 Å². The number of phosphoric acid groups is 1. The molecule has 0 aromatic rings. The SMILES string of the molecule is CCCCC/C=C\C/C=C\C/C=C\C/C=C\CCCCCCCC(=O)OC(/C=C\CCCCCCCCCCCCC)C(COP(=O)([O-])OCC[N+](C)(C)C)NC(=O)CCCCCCCC/C=C/C=C/CCCCC. The maximum absolute atomic E-state index is 13.5. The van der Waals surface area contributed by atoms with Crippen LogP contribution < -0.4 is 10.2 Å². The van der Waals surface area contributed by atoms with Crippen molar-refractivity contribution in [1.29, 1.82) is 0 Å². The van der Waals surface area contributed by atoms with E-state index in [1.807, 2.05) is 33.3 Å². The average molecular weight is 1070 g/mol. The molecule has 434 valence electrons. The van der Waals surface area contributed by atoms with Gasteiger partial charge in [-0.1, -0.05) is 235 Å². The van der Waals surface area contributed by atoms with Gasteiger partial charge in [-0.25, -0.2) is 0 Å². The van der Waals surface area contributed by atoms with Crippen LogP contribution in [-0.2, 0) is 27.9 Å². The number of allylic oxidation sites excluding steroid dienone is 13. The van der Waals surface area contributed by atoms with Gasteiger partial charge in [-0.3, -0.25) is 14.2 Å². The standard InChI is InChI=1S/C65H117N2O7P/c1-7-10-13-16-19-22-25-28-30-31-32-33-34-35-37-40-43-46-49-52-55-58-65(69)74-63(56-53-50-47-44-41-38-27-24-21-18-15-12-9-3)62(61-73-75(70,71)72-60-59-67(4,5)6)66-64(68)57-54-51-48-45-42-39-36-29-26-23-20-17-14-11-8-2/h19-20,22-23,26,28-30,32-33,35,37,53,56,62-63H,7-18,21,24-25,27,31,34,36,38-52,54-55,57-61H2,1-6H3,(H-,66,68,70,71)/b22-19-,23-20+,29-26+,30-28-,33-32-,37-35-,56-53-. The van der Waals surface area contributed by atoms with Crippen LogP contribution in [0, 0.1) is 0 Å². The van der Waals surface area contributed by atoms with E-state index in [0.29, 0.717) is 23.9 Å². The van der Waals surface area contributed by atoms with Crippen LogP contribution in [0.3, 0.4) is 0 Å². The molecule has 0 aromatic carbocycles. The van der Waals surface area contributed by atoms with Crippen molar-refractivity contribution >= 4 is 19.7 Å². The molecule has 0 heterocycles. The Hall–Kier alpha value is -2.81. The number of hydrogen-bond acceptors (Lipinski definition) is 7. The number of nitrogens with one attached hydrogen (secondary N) is 1. The van der Waals surface area contributed by atoms with Gasteiger partial charge in [0.25, 0.3) is 7.82 Å². The van der Waals surface area contributed by atoms with E-state index in [1.54, 1.807) is 0 Å². The lowest BCUT2D eigenvalue weighted by molar-refractivity contribution is -0.870. The molecular weight excluding hydrogens is 952 g/mol. The maximum atomic E-state index is 13.5. The van der Waals surface area contributed by atoms with Crippen molar-refractivity contribution in [2.45, 2.75) is 277 Å². The Bertz CT molecular complexity index is 1560. The van der Waals surface area contributed by atoms with Gasteiger partial charge < -0.3 is 28.5 Å². The first-order valence-corrected chi connectivity index (χ1v) is 32.4. The Morgan fingerprint density at radius 2 is 0.853 bits per heavy atom. The van der Waals surface area contributed by atoms with E-state index >= 15 is 0 Å². The summed E-state index contributed by atoms with van der Waals surface area (Å²) in [6.07, 6.45) is 71.1. The fraction of sp³-hybridized carbons (Fsp3) is 0.754. The van der Waals surface area contributed by atoms with E-state index in [4.69, 9.17) is 13.8 Å². The average Bonchev–Trinajstić information content (AvgIpc) is 3.37. The van der Waals surface area contributed by atoms with E-state index in [0.717, 1.165) is 122 Å². The first kappa shape index (κ1) is 72.2. The zero-order valence-corrected chi connectivity index (χ0v) is 50.4. The molecule has 75 heavy (non-hydrogen) atoms. The van der Waals surface area contributed by atoms with Crippen LogP contribution in [0.4, 0.5) is 0 Å². The van der Waals surface area contributed by atoms with Gasteiger partial charge in [-0.15, -0.1) is 0 Å². The normalized spacial score (nSPS) is 14.3. The Balaban J connectivity index is 5.35. The van der Waals surface area contributed by atoms with Gasteiger partial charge in [0, 0.05) is 12.8 Å². The Morgan fingerprint density at radius 3 is 1.32 bits per heavy atom. The quantitative estimate of drug-likeness (QED) is 0.0161. The lowest BCUT2D eigenvalue weighted by Crippen LogP contribution is -2.47. The maximum Gasteiger partial charge on any atom is 0.306 e. The van der Waals surface area contributed by atoms with E-state index < -0.39 is 26.6 Å². The number of phosphoric ester groups is 1. The molecular formula is C65H117N2O7P. The molecule has 0 radical (unpaired) electrons. The Labute approximate surface area is 463 Å². The van der Waals surface area contributed by atoms with E-state index in [2.05, 4.69) is 99.0 Å². The molecule has 3 atom stereocenters. The third-order valence-corrected chi connectivity index (χ3v) is 14.3. The number of nitrogens with zero attached hydrogens (tertiary/aromatic N) is 1. The Morgan fingerprint density at radius 1 is 0.480 bits per heavy atom. The van der Waals surface area contributed by atoms with Crippen molar-refractivity contribution in [3.8, 4) is 0 Å². The van der Waals surface area contributed by atoms with Gasteiger partial charge in [-0.05, 0) is 102 Å². The predicted molar refractivity (Wildman–Crippen MR) is 321 cm³/mol. The minimum Gasteiger partial charge on any atom is -0.756 e. The first-order chi connectivity index (χ1) is 36.4. The van der Waals surface area contributed by atoms with Crippen LogP contribution in [-0.4, -0.2) is 69.4 Å². The number of quaternary nitrogens is 1. The number of unbranched alkanes of at least 4 members (excludes halogenated alkanes) is 28. The second-order valence-corrected chi connectivity index (χ2v) is 23.3. The monoisotopic (exact) mass is 1070 g/mol. The minimum atomic E-state index is -4.71. The number of carbonyl (C=O) groups is 2. The number of ether oxygens (including phenoxy) is 1. The molecule has 1 N–H and O–H groups in total. The first-order valence-electron chi connectivity index (χ1n) is 30.9. The number of likely N-dealkylation sites (N-methyl/N-ethyl adjacent to an activating group) is 1. The third-order valence-electron chi connectivity index (χ3n) is 13.3. The zero-order valence-electron chi connectivity index (χ0n) is 49.5. The van der Waals surface area contributed by atoms with E-state index in [9.17, 15) is 19.0 Å². The molecule has 0 bridgehead atoms.